The molecule has 2 aromatic rings. The molecule has 0 radical (unpaired) electrons. The second-order valence-corrected chi connectivity index (χ2v) is 6.65. The molecule has 4 nitrogen and oxygen atoms in total. The SMILES string of the molecule is Cc1cc(N)cc(Br)c1NS(=O)(=O)c1ccccc1. The molecule has 100 valence electrons. The molecule has 0 amide bonds. The Morgan fingerprint density at radius 3 is 2.37 bits per heavy atom. The van der Waals surface area contributed by atoms with Gasteiger partial charge in [0, 0.05) is 10.2 Å². The van der Waals surface area contributed by atoms with Crippen molar-refractivity contribution in [2.45, 2.75) is 11.8 Å². The lowest BCUT2D eigenvalue weighted by atomic mass is 10.2. The number of rotatable bonds is 3. The van der Waals surface area contributed by atoms with Gasteiger partial charge >= 0.3 is 0 Å². The van der Waals surface area contributed by atoms with E-state index in [4.69, 9.17) is 5.73 Å². The summed E-state index contributed by atoms with van der Waals surface area (Å²) in [5, 5.41) is 0. The molecular formula is C13H13BrN2O2S. The highest BCUT2D eigenvalue weighted by Crippen LogP contribution is 2.30. The van der Waals surface area contributed by atoms with Gasteiger partial charge in [0.1, 0.15) is 0 Å². The van der Waals surface area contributed by atoms with E-state index in [1.165, 1.54) is 0 Å². The third-order valence-electron chi connectivity index (χ3n) is 2.60. The molecule has 0 saturated heterocycles. The Hall–Kier alpha value is -1.53. The highest BCUT2D eigenvalue weighted by atomic mass is 79.9. The number of hydrogen-bond donors (Lipinski definition) is 2. The van der Waals surface area contributed by atoms with Crippen molar-refractivity contribution >= 4 is 37.3 Å². The zero-order valence-corrected chi connectivity index (χ0v) is 12.6. The van der Waals surface area contributed by atoms with Gasteiger partial charge in [-0.05, 0) is 52.7 Å². The number of nitrogen functional groups attached to an aromatic ring is 1. The molecule has 6 heteroatoms. The molecule has 2 aromatic carbocycles. The number of sulfonamides is 1. The van der Waals surface area contributed by atoms with E-state index >= 15 is 0 Å². The molecule has 19 heavy (non-hydrogen) atoms. The maximum absolute atomic E-state index is 12.2. The third-order valence-corrected chi connectivity index (χ3v) is 4.59. The molecule has 0 heterocycles. The number of nitrogens with one attached hydrogen (secondary N) is 1. The predicted molar refractivity (Wildman–Crippen MR) is 80.5 cm³/mol. The van der Waals surface area contributed by atoms with Gasteiger partial charge in [-0.15, -0.1) is 0 Å². The van der Waals surface area contributed by atoms with Crippen LogP contribution in [-0.4, -0.2) is 8.42 Å². The molecule has 2 rings (SSSR count). The van der Waals surface area contributed by atoms with Gasteiger partial charge in [-0.2, -0.15) is 0 Å². The summed E-state index contributed by atoms with van der Waals surface area (Å²) in [4.78, 5) is 0.220. The fourth-order valence-electron chi connectivity index (χ4n) is 1.69. The standard InChI is InChI=1S/C13H13BrN2O2S/c1-9-7-10(15)8-12(14)13(9)16-19(17,18)11-5-3-2-4-6-11/h2-8,16H,15H2,1H3. The van der Waals surface area contributed by atoms with Crippen LogP contribution in [0.25, 0.3) is 0 Å². The van der Waals surface area contributed by atoms with E-state index in [9.17, 15) is 8.42 Å². The first-order chi connectivity index (χ1) is 8.90. The Morgan fingerprint density at radius 2 is 1.79 bits per heavy atom. The number of hydrogen-bond acceptors (Lipinski definition) is 3. The lowest BCUT2D eigenvalue weighted by Gasteiger charge is -2.13. The van der Waals surface area contributed by atoms with Crippen LogP contribution in [0.15, 0.2) is 51.8 Å². The van der Waals surface area contributed by atoms with E-state index in [0.29, 0.717) is 15.8 Å². The van der Waals surface area contributed by atoms with Gasteiger partial charge in [0.05, 0.1) is 10.6 Å². The fraction of sp³-hybridized carbons (Fsp3) is 0.0769. The minimum Gasteiger partial charge on any atom is -0.399 e. The summed E-state index contributed by atoms with van der Waals surface area (Å²) in [5.74, 6) is 0. The maximum atomic E-state index is 12.2. The molecule has 0 saturated carbocycles. The zero-order chi connectivity index (χ0) is 14.0. The van der Waals surface area contributed by atoms with Crippen LogP contribution in [0, 0.1) is 6.92 Å². The van der Waals surface area contributed by atoms with Crippen LogP contribution < -0.4 is 10.5 Å². The first-order valence-corrected chi connectivity index (χ1v) is 7.81. The average Bonchev–Trinajstić information content (AvgIpc) is 2.35. The minimum atomic E-state index is -3.59. The Balaban J connectivity index is 2.42. The van der Waals surface area contributed by atoms with Crippen LogP contribution in [0.4, 0.5) is 11.4 Å². The second-order valence-electron chi connectivity index (χ2n) is 4.11. The van der Waals surface area contributed by atoms with Crippen molar-refractivity contribution in [2.75, 3.05) is 10.5 Å². The predicted octanol–water partition coefficient (Wildman–Crippen LogP) is 3.14. The van der Waals surface area contributed by atoms with E-state index in [1.807, 2.05) is 0 Å². The summed E-state index contributed by atoms with van der Waals surface area (Å²) in [6.45, 7) is 1.80. The lowest BCUT2D eigenvalue weighted by molar-refractivity contribution is 0.601. The molecule has 0 bridgehead atoms. The fourth-order valence-corrected chi connectivity index (χ4v) is 3.67. The molecule has 0 fully saturated rings. The van der Waals surface area contributed by atoms with Gasteiger partial charge in [0.2, 0.25) is 0 Å². The third kappa shape index (κ3) is 3.08. The van der Waals surface area contributed by atoms with Crippen LogP contribution in [0.1, 0.15) is 5.56 Å². The van der Waals surface area contributed by atoms with Crippen molar-refractivity contribution < 1.29 is 8.42 Å². The van der Waals surface area contributed by atoms with Gasteiger partial charge < -0.3 is 5.73 Å². The van der Waals surface area contributed by atoms with Gasteiger partial charge in [-0.3, -0.25) is 4.72 Å². The summed E-state index contributed by atoms with van der Waals surface area (Å²) >= 11 is 3.32. The average molecular weight is 341 g/mol. The first-order valence-electron chi connectivity index (χ1n) is 5.53. The highest BCUT2D eigenvalue weighted by Gasteiger charge is 2.16. The van der Waals surface area contributed by atoms with E-state index in [2.05, 4.69) is 20.7 Å². The van der Waals surface area contributed by atoms with Gasteiger partial charge in [-0.1, -0.05) is 18.2 Å². The Kier molecular flexibility index (Phi) is 3.82. The number of aryl methyl sites for hydroxylation is 1. The first kappa shape index (κ1) is 13.9. The summed E-state index contributed by atoms with van der Waals surface area (Å²) in [5.41, 5.74) is 7.53. The van der Waals surface area contributed by atoms with E-state index < -0.39 is 10.0 Å². The van der Waals surface area contributed by atoms with Crippen LogP contribution >= 0.6 is 15.9 Å². The topological polar surface area (TPSA) is 72.2 Å². The summed E-state index contributed by atoms with van der Waals surface area (Å²) in [6, 6.07) is 11.6. The molecule has 0 atom stereocenters. The summed E-state index contributed by atoms with van der Waals surface area (Å²) in [6.07, 6.45) is 0. The van der Waals surface area contributed by atoms with Gasteiger partial charge in [-0.25, -0.2) is 8.42 Å². The Bertz CT molecular complexity index is 677. The second kappa shape index (κ2) is 5.22. The molecule has 0 unspecified atom stereocenters. The largest absolute Gasteiger partial charge is 0.399 e. The molecule has 0 aromatic heterocycles. The Labute approximate surface area is 120 Å². The summed E-state index contributed by atoms with van der Waals surface area (Å²) < 4.78 is 27.6. The molecule has 0 aliphatic heterocycles. The van der Waals surface area contributed by atoms with Crippen molar-refractivity contribution in [2.24, 2.45) is 0 Å². The van der Waals surface area contributed by atoms with Gasteiger partial charge in [0.25, 0.3) is 10.0 Å². The molecule has 0 aliphatic carbocycles. The highest BCUT2D eigenvalue weighted by molar-refractivity contribution is 9.10. The zero-order valence-electron chi connectivity index (χ0n) is 10.2. The van der Waals surface area contributed by atoms with Crippen LogP contribution in [-0.2, 0) is 10.0 Å². The Morgan fingerprint density at radius 1 is 1.16 bits per heavy atom. The molecule has 0 aliphatic rings. The molecule has 0 spiro atoms. The minimum absolute atomic E-state index is 0.220. The number of benzene rings is 2. The number of halogens is 1. The van der Waals surface area contributed by atoms with Crippen molar-refractivity contribution in [3.8, 4) is 0 Å². The van der Waals surface area contributed by atoms with Crippen molar-refractivity contribution in [3.05, 3.63) is 52.5 Å². The van der Waals surface area contributed by atoms with Crippen LogP contribution in [0.3, 0.4) is 0 Å². The monoisotopic (exact) mass is 340 g/mol. The van der Waals surface area contributed by atoms with Crippen molar-refractivity contribution in [3.63, 3.8) is 0 Å². The normalized spacial score (nSPS) is 11.3. The smallest absolute Gasteiger partial charge is 0.261 e. The van der Waals surface area contributed by atoms with Crippen LogP contribution in [0.5, 0.6) is 0 Å². The van der Waals surface area contributed by atoms with Gasteiger partial charge in [0.15, 0.2) is 0 Å². The molecule has 3 N–H and O–H groups in total. The van der Waals surface area contributed by atoms with Crippen LogP contribution in [0.2, 0.25) is 0 Å². The maximum Gasteiger partial charge on any atom is 0.261 e. The quantitative estimate of drug-likeness (QED) is 0.843. The van der Waals surface area contributed by atoms with E-state index in [1.54, 1.807) is 49.4 Å². The number of nitrogens with two attached hydrogens (primary N) is 1. The summed E-state index contributed by atoms with van der Waals surface area (Å²) in [7, 11) is -3.59. The lowest BCUT2D eigenvalue weighted by Crippen LogP contribution is -2.14. The van der Waals surface area contributed by atoms with Crippen molar-refractivity contribution in [1.82, 2.24) is 0 Å². The van der Waals surface area contributed by atoms with Crippen molar-refractivity contribution in [1.29, 1.82) is 0 Å². The number of anilines is 2. The van der Waals surface area contributed by atoms with E-state index in [0.717, 1.165) is 5.56 Å². The molecular weight excluding hydrogens is 328 g/mol. The van der Waals surface area contributed by atoms with E-state index in [-0.39, 0.29) is 4.90 Å².